The van der Waals surface area contributed by atoms with Crippen LogP contribution < -0.4 is 5.32 Å². The maximum Gasteiger partial charge on any atom is 0.435 e. The molecule has 0 spiro atoms. The molecule has 0 radical (unpaired) electrons. The molecule has 3 heterocycles. The molecule has 2 amide bonds. The minimum absolute atomic E-state index is 0.148. The monoisotopic (exact) mass is 395 g/mol. The third-order valence-electron chi connectivity index (χ3n) is 4.63. The lowest BCUT2D eigenvalue weighted by molar-refractivity contribution is -0.141. The number of fused-ring (bicyclic) bond motifs is 1. The zero-order chi connectivity index (χ0) is 19.0. The lowest BCUT2D eigenvalue weighted by atomic mass is 10.1. The minimum atomic E-state index is -4.44. The Morgan fingerprint density at radius 2 is 1.93 bits per heavy atom. The minimum Gasteiger partial charge on any atom is -0.324 e. The van der Waals surface area contributed by atoms with E-state index in [9.17, 15) is 18.0 Å². The van der Waals surface area contributed by atoms with Crippen molar-refractivity contribution in [1.29, 1.82) is 0 Å². The zero-order valence-electron chi connectivity index (χ0n) is 14.1. The zero-order valence-corrected chi connectivity index (χ0v) is 14.9. The summed E-state index contributed by atoms with van der Waals surface area (Å²) in [5, 5.41) is 7.35. The highest BCUT2D eigenvalue weighted by molar-refractivity contribution is 7.13. The van der Waals surface area contributed by atoms with E-state index in [1.807, 2.05) is 24.3 Å². The van der Waals surface area contributed by atoms with Crippen LogP contribution in [0.15, 0.2) is 36.5 Å². The van der Waals surface area contributed by atoms with E-state index in [0.29, 0.717) is 31.7 Å². The molecule has 1 aliphatic rings. The molecule has 142 valence electrons. The van der Waals surface area contributed by atoms with Crippen molar-refractivity contribution >= 4 is 33.5 Å². The van der Waals surface area contributed by atoms with Gasteiger partial charge < -0.3 is 4.90 Å². The molecule has 1 N–H and O–H groups in total. The molecule has 1 aromatic carbocycles. The fourth-order valence-electron chi connectivity index (χ4n) is 3.18. The Labute approximate surface area is 156 Å². The van der Waals surface area contributed by atoms with Crippen molar-refractivity contribution in [2.45, 2.75) is 25.1 Å². The quantitative estimate of drug-likeness (QED) is 0.700. The van der Waals surface area contributed by atoms with E-state index in [1.54, 1.807) is 4.90 Å². The van der Waals surface area contributed by atoms with E-state index in [0.717, 1.165) is 16.2 Å². The highest BCUT2D eigenvalue weighted by Crippen LogP contribution is 2.30. The number of amides is 2. The molecule has 1 aliphatic heterocycles. The van der Waals surface area contributed by atoms with Gasteiger partial charge in [0.1, 0.15) is 0 Å². The highest BCUT2D eigenvalue weighted by Gasteiger charge is 2.34. The molecule has 0 unspecified atom stereocenters. The van der Waals surface area contributed by atoms with Crippen molar-refractivity contribution in [3.05, 3.63) is 42.2 Å². The Bertz CT molecular complexity index is 959. The second kappa shape index (κ2) is 6.84. The standard InChI is InChI=1S/C17H16F3N5OS/c18-17(19,20)14-7-10-25(22-14)11-5-8-24(9-6-11)16(26)21-15-12-3-1-2-4-13(12)27-23-15/h1-4,7,10-11H,5-6,8-9H2,(H,21,23,26). The van der Waals surface area contributed by atoms with Gasteiger partial charge in [0.15, 0.2) is 11.5 Å². The molecule has 6 nitrogen and oxygen atoms in total. The average Bonchev–Trinajstić information content (AvgIpc) is 3.30. The molecule has 1 saturated heterocycles. The smallest absolute Gasteiger partial charge is 0.324 e. The van der Waals surface area contributed by atoms with E-state index >= 15 is 0 Å². The largest absolute Gasteiger partial charge is 0.435 e. The molecule has 0 saturated carbocycles. The van der Waals surface area contributed by atoms with Crippen LogP contribution in [0.25, 0.3) is 10.1 Å². The van der Waals surface area contributed by atoms with E-state index < -0.39 is 11.9 Å². The third kappa shape index (κ3) is 3.61. The normalized spacial score (nSPS) is 16.0. The predicted octanol–water partition coefficient (Wildman–Crippen LogP) is 4.38. The van der Waals surface area contributed by atoms with Crippen LogP contribution >= 0.6 is 11.5 Å². The SMILES string of the molecule is O=C(Nc1nsc2ccccc12)N1CCC(n2ccc(C(F)(F)F)n2)CC1. The van der Waals surface area contributed by atoms with Crippen molar-refractivity contribution in [3.63, 3.8) is 0 Å². The number of aromatic nitrogens is 3. The second-order valence-electron chi connectivity index (χ2n) is 6.35. The van der Waals surface area contributed by atoms with Gasteiger partial charge in [-0.25, -0.2) is 4.79 Å². The summed E-state index contributed by atoms with van der Waals surface area (Å²) >= 11 is 1.32. The number of anilines is 1. The van der Waals surface area contributed by atoms with E-state index in [4.69, 9.17) is 0 Å². The van der Waals surface area contributed by atoms with E-state index in [-0.39, 0.29) is 12.1 Å². The first-order valence-electron chi connectivity index (χ1n) is 8.44. The third-order valence-corrected chi connectivity index (χ3v) is 5.45. The lowest BCUT2D eigenvalue weighted by Gasteiger charge is -2.31. The number of hydrogen-bond donors (Lipinski definition) is 1. The van der Waals surface area contributed by atoms with Gasteiger partial charge in [-0.1, -0.05) is 12.1 Å². The predicted molar refractivity (Wildman–Crippen MR) is 95.7 cm³/mol. The van der Waals surface area contributed by atoms with Crippen molar-refractivity contribution < 1.29 is 18.0 Å². The molecule has 27 heavy (non-hydrogen) atoms. The molecule has 0 aliphatic carbocycles. The average molecular weight is 395 g/mol. The van der Waals surface area contributed by atoms with Gasteiger partial charge in [-0.05, 0) is 42.6 Å². The molecule has 3 aromatic rings. The number of urea groups is 1. The highest BCUT2D eigenvalue weighted by atomic mass is 32.1. The van der Waals surface area contributed by atoms with Crippen molar-refractivity contribution in [3.8, 4) is 0 Å². The summed E-state index contributed by atoms with van der Waals surface area (Å²) in [5.74, 6) is 0.532. The van der Waals surface area contributed by atoms with Gasteiger partial charge in [0, 0.05) is 24.7 Å². The Morgan fingerprint density at radius 3 is 2.63 bits per heavy atom. The molecule has 4 rings (SSSR count). The Balaban J connectivity index is 1.37. The van der Waals surface area contributed by atoms with Gasteiger partial charge >= 0.3 is 12.2 Å². The second-order valence-corrected chi connectivity index (χ2v) is 7.16. The van der Waals surface area contributed by atoms with Gasteiger partial charge in [-0.3, -0.25) is 10.00 Å². The number of hydrogen-bond acceptors (Lipinski definition) is 4. The molecule has 0 bridgehead atoms. The maximum atomic E-state index is 12.7. The molecular weight excluding hydrogens is 379 g/mol. The fraction of sp³-hybridized carbons (Fsp3) is 0.353. The number of carbonyl (C=O) groups excluding carboxylic acids is 1. The molecule has 2 aromatic heterocycles. The van der Waals surface area contributed by atoms with Crippen LogP contribution in [0.5, 0.6) is 0 Å². The van der Waals surface area contributed by atoms with Gasteiger partial charge in [0.2, 0.25) is 0 Å². The Morgan fingerprint density at radius 1 is 1.19 bits per heavy atom. The Hall–Kier alpha value is -2.62. The van der Waals surface area contributed by atoms with Crippen LogP contribution in [-0.4, -0.2) is 38.2 Å². The summed E-state index contributed by atoms with van der Waals surface area (Å²) in [6.07, 6.45) is -2.00. The number of carbonyl (C=O) groups is 1. The summed E-state index contributed by atoms with van der Waals surface area (Å²) in [5.41, 5.74) is -0.891. The summed E-state index contributed by atoms with van der Waals surface area (Å²) in [7, 11) is 0. The fourth-order valence-corrected chi connectivity index (χ4v) is 3.92. The number of alkyl halides is 3. The lowest BCUT2D eigenvalue weighted by Crippen LogP contribution is -2.41. The summed E-state index contributed by atoms with van der Waals surface area (Å²) in [6, 6.07) is 8.22. The first kappa shape index (κ1) is 17.8. The number of piperidine rings is 1. The molecular formula is C17H16F3N5OS. The number of rotatable bonds is 2. The van der Waals surface area contributed by atoms with Crippen LogP contribution in [0.2, 0.25) is 0 Å². The number of nitrogens with zero attached hydrogens (tertiary/aromatic N) is 4. The van der Waals surface area contributed by atoms with Crippen LogP contribution in [0.1, 0.15) is 24.6 Å². The maximum absolute atomic E-state index is 12.7. The van der Waals surface area contributed by atoms with Crippen LogP contribution in [0, 0.1) is 0 Å². The van der Waals surface area contributed by atoms with E-state index in [1.165, 1.54) is 22.4 Å². The van der Waals surface area contributed by atoms with Crippen molar-refractivity contribution in [2.75, 3.05) is 18.4 Å². The van der Waals surface area contributed by atoms with E-state index in [2.05, 4.69) is 14.8 Å². The topological polar surface area (TPSA) is 63.1 Å². The number of halogens is 3. The van der Waals surface area contributed by atoms with Gasteiger partial charge in [-0.15, -0.1) is 0 Å². The molecule has 1 fully saturated rings. The first-order chi connectivity index (χ1) is 12.9. The number of benzene rings is 1. The molecule has 10 heteroatoms. The summed E-state index contributed by atoms with van der Waals surface area (Å²) in [6.45, 7) is 0.888. The first-order valence-corrected chi connectivity index (χ1v) is 9.22. The summed E-state index contributed by atoms with van der Waals surface area (Å²) < 4.78 is 44.7. The number of likely N-dealkylation sites (tertiary alicyclic amines) is 1. The van der Waals surface area contributed by atoms with Gasteiger partial charge in [0.05, 0.1) is 10.7 Å². The van der Waals surface area contributed by atoms with Crippen LogP contribution in [-0.2, 0) is 6.18 Å². The van der Waals surface area contributed by atoms with Crippen LogP contribution in [0.3, 0.4) is 0 Å². The molecule has 0 atom stereocenters. The van der Waals surface area contributed by atoms with Gasteiger partial charge in [-0.2, -0.15) is 22.6 Å². The van der Waals surface area contributed by atoms with Crippen molar-refractivity contribution in [2.24, 2.45) is 0 Å². The summed E-state index contributed by atoms with van der Waals surface area (Å²) in [4.78, 5) is 14.1. The van der Waals surface area contributed by atoms with Crippen molar-refractivity contribution in [1.82, 2.24) is 19.1 Å². The van der Waals surface area contributed by atoms with Gasteiger partial charge in [0.25, 0.3) is 0 Å². The number of nitrogens with one attached hydrogen (secondary N) is 1. The van der Waals surface area contributed by atoms with Crippen LogP contribution in [0.4, 0.5) is 23.8 Å². The Kier molecular flexibility index (Phi) is 4.50.